The van der Waals surface area contributed by atoms with Gasteiger partial charge in [-0.05, 0) is 51.4 Å². The van der Waals surface area contributed by atoms with Gasteiger partial charge in [-0.3, -0.25) is 13.9 Å². The number of ether oxygens (including phenoxy) is 1. The van der Waals surface area contributed by atoms with Gasteiger partial charge in [0.2, 0.25) is 6.10 Å². The standard InChI is InChI=1S/C22H28F6N4O3/c1-3-11-31-14-13(15(33)32(12-4-2)18(31)34)29-17(30-14)19-5-8-20(9-6-19,10-7-19)35-16(21(23,24)25)22(26,27)28/h16H,3-12H2,1-2H3,(H,29,30). The number of nitrogens with one attached hydrogen (secondary N) is 1. The molecule has 0 spiro atoms. The largest absolute Gasteiger partial charge is 0.423 e. The maximum atomic E-state index is 13.1. The molecule has 0 atom stereocenters. The minimum absolute atomic E-state index is 0.00847. The van der Waals surface area contributed by atoms with Crippen LogP contribution in [0.5, 0.6) is 0 Å². The number of aromatic amines is 1. The molecule has 7 nitrogen and oxygen atoms in total. The molecule has 0 unspecified atom stereocenters. The fourth-order valence-corrected chi connectivity index (χ4v) is 5.52. The number of imidazole rings is 1. The number of aromatic nitrogens is 4. The highest BCUT2D eigenvalue weighted by atomic mass is 19.4. The van der Waals surface area contributed by atoms with Gasteiger partial charge in [0.1, 0.15) is 11.3 Å². The van der Waals surface area contributed by atoms with Gasteiger partial charge in [0.25, 0.3) is 5.56 Å². The second-order valence-corrected chi connectivity index (χ2v) is 9.72. The van der Waals surface area contributed by atoms with Crippen LogP contribution in [0.1, 0.15) is 71.0 Å². The lowest BCUT2D eigenvalue weighted by Crippen LogP contribution is -2.56. The minimum atomic E-state index is -5.56. The third kappa shape index (κ3) is 4.40. The third-order valence-corrected chi connectivity index (χ3v) is 7.40. The summed E-state index contributed by atoms with van der Waals surface area (Å²) in [7, 11) is 0. The number of fused-ring (bicyclic) bond motifs is 4. The summed E-state index contributed by atoms with van der Waals surface area (Å²) in [5.41, 5.74) is -2.67. The Kier molecular flexibility index (Phi) is 6.38. The van der Waals surface area contributed by atoms with Gasteiger partial charge in [0.15, 0.2) is 5.65 Å². The highest BCUT2D eigenvalue weighted by Crippen LogP contribution is 2.56. The Balaban J connectivity index is 1.67. The Bertz CT molecular complexity index is 1170. The summed E-state index contributed by atoms with van der Waals surface area (Å²) in [6.45, 7) is 4.33. The fourth-order valence-electron chi connectivity index (χ4n) is 5.52. The molecule has 3 fully saturated rings. The first kappa shape index (κ1) is 25.8. The van der Waals surface area contributed by atoms with E-state index in [1.54, 1.807) is 0 Å². The molecule has 0 aromatic carbocycles. The van der Waals surface area contributed by atoms with Gasteiger partial charge in [-0.1, -0.05) is 13.8 Å². The second kappa shape index (κ2) is 8.67. The molecule has 0 radical (unpaired) electrons. The number of rotatable bonds is 7. The van der Waals surface area contributed by atoms with Crippen molar-refractivity contribution in [3.05, 3.63) is 26.7 Å². The molecule has 0 saturated heterocycles. The molecule has 2 aromatic heterocycles. The molecule has 35 heavy (non-hydrogen) atoms. The Hall–Kier alpha value is -2.31. The predicted octanol–water partition coefficient (Wildman–Crippen LogP) is 4.56. The molecule has 3 aliphatic rings. The molecule has 0 amide bonds. The Morgan fingerprint density at radius 2 is 1.43 bits per heavy atom. The molecule has 13 heteroatoms. The van der Waals surface area contributed by atoms with Gasteiger partial charge in [-0.15, -0.1) is 0 Å². The first-order chi connectivity index (χ1) is 16.3. The fraction of sp³-hybridized carbons (Fsp3) is 0.773. The van der Waals surface area contributed by atoms with Crippen LogP contribution in [0.25, 0.3) is 11.2 Å². The van der Waals surface area contributed by atoms with Crippen molar-refractivity contribution in [1.29, 1.82) is 0 Å². The van der Waals surface area contributed by atoms with E-state index in [0.717, 1.165) is 4.57 Å². The first-order valence-electron chi connectivity index (χ1n) is 11.8. The SMILES string of the molecule is CCCn1c(=O)c2[nH]c(C34CCC(OC(C(F)(F)F)C(F)(F)F)(CC3)CC4)nc2n(CCC)c1=O. The van der Waals surface area contributed by atoms with Crippen molar-refractivity contribution < 1.29 is 31.1 Å². The average molecular weight is 510 g/mol. The molecule has 3 saturated carbocycles. The molecule has 1 N–H and O–H groups in total. The summed E-state index contributed by atoms with van der Waals surface area (Å²) < 4.78 is 85.9. The Labute approximate surface area is 196 Å². The lowest BCUT2D eigenvalue weighted by atomic mass is 9.58. The highest BCUT2D eigenvalue weighted by molar-refractivity contribution is 5.70. The van der Waals surface area contributed by atoms with Gasteiger partial charge < -0.3 is 9.72 Å². The van der Waals surface area contributed by atoms with Crippen LogP contribution < -0.4 is 11.2 Å². The van der Waals surface area contributed by atoms with Crippen LogP contribution in [0.3, 0.4) is 0 Å². The van der Waals surface area contributed by atoms with Crippen molar-refractivity contribution in [1.82, 2.24) is 19.1 Å². The van der Waals surface area contributed by atoms with Crippen LogP contribution in [0.15, 0.2) is 9.59 Å². The maximum absolute atomic E-state index is 13.1. The van der Waals surface area contributed by atoms with E-state index in [4.69, 9.17) is 4.74 Å². The van der Waals surface area contributed by atoms with E-state index in [2.05, 4.69) is 9.97 Å². The van der Waals surface area contributed by atoms with Crippen LogP contribution >= 0.6 is 0 Å². The van der Waals surface area contributed by atoms with E-state index < -0.39 is 40.7 Å². The number of hydrogen-bond acceptors (Lipinski definition) is 4. The van der Waals surface area contributed by atoms with E-state index in [1.165, 1.54) is 4.57 Å². The maximum Gasteiger partial charge on any atom is 0.423 e. The zero-order valence-electron chi connectivity index (χ0n) is 19.5. The van der Waals surface area contributed by atoms with Gasteiger partial charge >= 0.3 is 18.0 Å². The normalized spacial score (nSPS) is 25.2. The first-order valence-corrected chi connectivity index (χ1v) is 11.8. The highest BCUT2D eigenvalue weighted by Gasteiger charge is 2.62. The monoisotopic (exact) mass is 510 g/mol. The van der Waals surface area contributed by atoms with E-state index in [9.17, 15) is 35.9 Å². The average Bonchev–Trinajstić information content (AvgIpc) is 3.24. The van der Waals surface area contributed by atoms with E-state index in [1.807, 2.05) is 13.8 Å². The summed E-state index contributed by atoms with van der Waals surface area (Å²) in [5.74, 6) is 0.444. The van der Waals surface area contributed by atoms with Gasteiger partial charge in [-0.2, -0.15) is 26.3 Å². The van der Waals surface area contributed by atoms with Crippen LogP contribution in [-0.4, -0.2) is 43.2 Å². The van der Waals surface area contributed by atoms with Crippen molar-refractivity contribution >= 4 is 11.2 Å². The smallest absolute Gasteiger partial charge is 0.354 e. The summed E-state index contributed by atoms with van der Waals surface area (Å²) >= 11 is 0. The number of hydrogen-bond donors (Lipinski definition) is 1. The molecule has 2 heterocycles. The van der Waals surface area contributed by atoms with Crippen LogP contribution in [0.2, 0.25) is 0 Å². The Morgan fingerprint density at radius 3 is 1.91 bits per heavy atom. The Morgan fingerprint density at radius 1 is 0.914 bits per heavy atom. The van der Waals surface area contributed by atoms with Gasteiger partial charge in [-0.25, -0.2) is 9.78 Å². The molecular weight excluding hydrogens is 482 g/mol. The number of alkyl halides is 6. The molecular formula is C22H28F6N4O3. The second-order valence-electron chi connectivity index (χ2n) is 9.72. The quantitative estimate of drug-likeness (QED) is 0.554. The van der Waals surface area contributed by atoms with Crippen LogP contribution in [-0.2, 0) is 23.2 Å². The van der Waals surface area contributed by atoms with E-state index in [-0.39, 0.29) is 56.2 Å². The molecule has 2 bridgehead atoms. The predicted molar refractivity (Wildman–Crippen MR) is 114 cm³/mol. The summed E-state index contributed by atoms with van der Waals surface area (Å²) in [4.78, 5) is 33.6. The van der Waals surface area contributed by atoms with Gasteiger partial charge in [0.05, 0.1) is 5.60 Å². The van der Waals surface area contributed by atoms with E-state index in [0.29, 0.717) is 25.2 Å². The van der Waals surface area contributed by atoms with Crippen LogP contribution in [0, 0.1) is 0 Å². The molecule has 196 valence electrons. The topological polar surface area (TPSA) is 81.9 Å². The molecule has 5 rings (SSSR count). The summed E-state index contributed by atoms with van der Waals surface area (Å²) in [6.07, 6.45) is -12.9. The number of nitrogens with zero attached hydrogens (tertiary/aromatic N) is 3. The number of halogens is 6. The van der Waals surface area contributed by atoms with Crippen molar-refractivity contribution in [3.8, 4) is 0 Å². The van der Waals surface area contributed by atoms with E-state index >= 15 is 0 Å². The van der Waals surface area contributed by atoms with Crippen molar-refractivity contribution in [2.75, 3.05) is 0 Å². The number of H-pyrrole nitrogens is 1. The summed E-state index contributed by atoms with van der Waals surface area (Å²) in [6, 6.07) is 0. The summed E-state index contributed by atoms with van der Waals surface area (Å²) in [5, 5.41) is 0. The van der Waals surface area contributed by atoms with Crippen molar-refractivity contribution in [3.63, 3.8) is 0 Å². The minimum Gasteiger partial charge on any atom is -0.354 e. The van der Waals surface area contributed by atoms with Crippen molar-refractivity contribution in [2.45, 2.75) is 108 Å². The third-order valence-electron chi connectivity index (χ3n) is 7.40. The molecule has 3 aliphatic carbocycles. The number of aryl methyl sites for hydroxylation is 1. The van der Waals surface area contributed by atoms with Crippen LogP contribution in [0.4, 0.5) is 26.3 Å². The van der Waals surface area contributed by atoms with Gasteiger partial charge in [0, 0.05) is 18.5 Å². The molecule has 2 aromatic rings. The van der Waals surface area contributed by atoms with Crippen molar-refractivity contribution in [2.24, 2.45) is 0 Å². The lowest BCUT2D eigenvalue weighted by molar-refractivity contribution is -0.352. The zero-order valence-corrected chi connectivity index (χ0v) is 19.5. The molecule has 0 aliphatic heterocycles. The lowest BCUT2D eigenvalue weighted by Gasteiger charge is -2.53. The zero-order chi connectivity index (χ0) is 25.8.